The zero-order valence-electron chi connectivity index (χ0n) is 12.9. The van der Waals surface area contributed by atoms with Crippen LogP contribution in [0.1, 0.15) is 27.2 Å². The normalized spacial score (nSPS) is 14.3. The largest absolute Gasteiger partial charge is 0.352 e. The molecular formula is C14H20Cl2N2O3S. The number of carbonyl (C=O) groups is 1. The SMILES string of the molecule is CCC(C)NC(=O)C(C)N(c1cc(Cl)ccc1Cl)S(C)(=O)=O. The summed E-state index contributed by atoms with van der Waals surface area (Å²) in [5.41, 5.74) is 0.184. The molecule has 0 aliphatic heterocycles. The first-order valence-corrected chi connectivity index (χ1v) is 9.43. The van der Waals surface area contributed by atoms with Crippen LogP contribution in [0.3, 0.4) is 0 Å². The molecule has 1 aromatic rings. The van der Waals surface area contributed by atoms with Crippen molar-refractivity contribution in [2.75, 3.05) is 10.6 Å². The molecule has 0 aliphatic rings. The third-order valence-electron chi connectivity index (χ3n) is 3.24. The summed E-state index contributed by atoms with van der Waals surface area (Å²) in [7, 11) is -3.71. The van der Waals surface area contributed by atoms with E-state index < -0.39 is 22.0 Å². The zero-order chi connectivity index (χ0) is 17.1. The van der Waals surface area contributed by atoms with Gasteiger partial charge in [0.2, 0.25) is 15.9 Å². The fourth-order valence-corrected chi connectivity index (χ4v) is 3.50. The van der Waals surface area contributed by atoms with Crippen molar-refractivity contribution in [1.29, 1.82) is 0 Å². The minimum absolute atomic E-state index is 0.0498. The van der Waals surface area contributed by atoms with Gasteiger partial charge in [-0.25, -0.2) is 8.42 Å². The lowest BCUT2D eigenvalue weighted by atomic mass is 10.2. The summed E-state index contributed by atoms with van der Waals surface area (Å²) in [4.78, 5) is 12.3. The highest BCUT2D eigenvalue weighted by atomic mass is 35.5. The lowest BCUT2D eigenvalue weighted by Gasteiger charge is -2.29. The number of benzene rings is 1. The molecule has 0 bridgehead atoms. The van der Waals surface area contributed by atoms with E-state index in [1.807, 2.05) is 13.8 Å². The van der Waals surface area contributed by atoms with Crippen LogP contribution in [0, 0.1) is 0 Å². The molecule has 0 saturated carbocycles. The van der Waals surface area contributed by atoms with E-state index in [1.165, 1.54) is 19.1 Å². The monoisotopic (exact) mass is 366 g/mol. The Morgan fingerprint density at radius 3 is 2.41 bits per heavy atom. The first kappa shape index (κ1) is 19.1. The van der Waals surface area contributed by atoms with E-state index in [9.17, 15) is 13.2 Å². The molecule has 5 nitrogen and oxygen atoms in total. The highest BCUT2D eigenvalue weighted by Gasteiger charge is 2.31. The van der Waals surface area contributed by atoms with Crippen LogP contribution in [0.4, 0.5) is 5.69 Å². The van der Waals surface area contributed by atoms with Crippen LogP contribution >= 0.6 is 23.2 Å². The van der Waals surface area contributed by atoms with Crippen molar-refractivity contribution in [3.05, 3.63) is 28.2 Å². The Kier molecular flexibility index (Phi) is 6.52. The molecular weight excluding hydrogens is 347 g/mol. The molecule has 0 spiro atoms. The molecule has 8 heteroatoms. The van der Waals surface area contributed by atoms with Gasteiger partial charge in [0.25, 0.3) is 0 Å². The van der Waals surface area contributed by atoms with Gasteiger partial charge in [-0.15, -0.1) is 0 Å². The van der Waals surface area contributed by atoms with Gasteiger partial charge < -0.3 is 5.32 Å². The molecule has 1 rings (SSSR count). The maximum absolute atomic E-state index is 12.3. The van der Waals surface area contributed by atoms with Gasteiger partial charge in [-0.2, -0.15) is 0 Å². The van der Waals surface area contributed by atoms with Crippen LogP contribution in [0.5, 0.6) is 0 Å². The first-order chi connectivity index (χ1) is 10.1. The van der Waals surface area contributed by atoms with Crippen LogP contribution in [0.2, 0.25) is 10.0 Å². The summed E-state index contributed by atoms with van der Waals surface area (Å²) < 4.78 is 25.3. The van der Waals surface area contributed by atoms with E-state index in [2.05, 4.69) is 5.32 Å². The number of nitrogens with zero attached hydrogens (tertiary/aromatic N) is 1. The Hall–Kier alpha value is -0.980. The molecule has 0 heterocycles. The molecule has 0 radical (unpaired) electrons. The quantitative estimate of drug-likeness (QED) is 0.840. The van der Waals surface area contributed by atoms with Gasteiger partial charge in [-0.1, -0.05) is 30.1 Å². The Labute approximate surface area is 141 Å². The minimum atomic E-state index is -3.71. The van der Waals surface area contributed by atoms with Crippen molar-refractivity contribution in [3.63, 3.8) is 0 Å². The third kappa shape index (κ3) is 4.76. The molecule has 0 saturated heterocycles. The second kappa shape index (κ2) is 7.53. The Bertz CT molecular complexity index is 649. The van der Waals surface area contributed by atoms with Crippen molar-refractivity contribution in [2.45, 2.75) is 39.3 Å². The molecule has 1 N–H and O–H groups in total. The van der Waals surface area contributed by atoms with Gasteiger partial charge in [0.15, 0.2) is 0 Å². The highest BCUT2D eigenvalue weighted by Crippen LogP contribution is 2.32. The number of rotatable bonds is 6. The van der Waals surface area contributed by atoms with Crippen LogP contribution < -0.4 is 9.62 Å². The predicted octanol–water partition coefficient (Wildman–Crippen LogP) is 3.06. The predicted molar refractivity (Wildman–Crippen MR) is 91.1 cm³/mol. The van der Waals surface area contributed by atoms with Gasteiger partial charge in [0.1, 0.15) is 6.04 Å². The fraction of sp³-hybridized carbons (Fsp3) is 0.500. The summed E-state index contributed by atoms with van der Waals surface area (Å²) in [5, 5.41) is 3.31. The average molecular weight is 367 g/mol. The molecule has 124 valence electrons. The van der Waals surface area contributed by atoms with Gasteiger partial charge in [-0.3, -0.25) is 9.10 Å². The van der Waals surface area contributed by atoms with E-state index in [4.69, 9.17) is 23.2 Å². The van der Waals surface area contributed by atoms with Gasteiger partial charge in [0, 0.05) is 11.1 Å². The van der Waals surface area contributed by atoms with Gasteiger partial charge in [0.05, 0.1) is 17.0 Å². The Morgan fingerprint density at radius 1 is 1.32 bits per heavy atom. The topological polar surface area (TPSA) is 66.5 Å². The standard InChI is InChI=1S/C14H20Cl2N2O3S/c1-5-9(2)17-14(19)10(3)18(22(4,20)21)13-8-11(15)6-7-12(13)16/h6-10H,5H2,1-4H3,(H,17,19). The second-order valence-electron chi connectivity index (χ2n) is 5.15. The lowest BCUT2D eigenvalue weighted by molar-refractivity contribution is -0.122. The number of nitrogens with one attached hydrogen (secondary N) is 1. The summed E-state index contributed by atoms with van der Waals surface area (Å²) in [5.74, 6) is -0.393. The Morgan fingerprint density at radius 2 is 1.91 bits per heavy atom. The van der Waals surface area contributed by atoms with Crippen molar-refractivity contribution in [3.8, 4) is 0 Å². The van der Waals surface area contributed by atoms with Gasteiger partial charge in [-0.05, 0) is 38.5 Å². The number of carbonyl (C=O) groups excluding carboxylic acids is 1. The maximum atomic E-state index is 12.3. The maximum Gasteiger partial charge on any atom is 0.243 e. The number of hydrogen-bond donors (Lipinski definition) is 1. The zero-order valence-corrected chi connectivity index (χ0v) is 15.3. The van der Waals surface area contributed by atoms with Crippen LogP contribution in [0.15, 0.2) is 18.2 Å². The van der Waals surface area contributed by atoms with E-state index in [-0.39, 0.29) is 16.8 Å². The molecule has 0 fully saturated rings. The molecule has 0 aliphatic carbocycles. The van der Waals surface area contributed by atoms with E-state index in [0.717, 1.165) is 17.0 Å². The van der Waals surface area contributed by atoms with Crippen LogP contribution in [-0.4, -0.2) is 32.7 Å². The highest BCUT2D eigenvalue weighted by molar-refractivity contribution is 7.92. The fourth-order valence-electron chi connectivity index (χ4n) is 1.90. The molecule has 1 amide bonds. The van der Waals surface area contributed by atoms with Crippen molar-refractivity contribution >= 4 is 44.8 Å². The summed E-state index contributed by atoms with van der Waals surface area (Å²) in [6.07, 6.45) is 1.77. The minimum Gasteiger partial charge on any atom is -0.352 e. The van der Waals surface area contributed by atoms with E-state index in [0.29, 0.717) is 5.02 Å². The molecule has 2 atom stereocenters. The summed E-state index contributed by atoms with van der Waals surface area (Å²) >= 11 is 12.0. The van der Waals surface area contributed by atoms with Gasteiger partial charge >= 0.3 is 0 Å². The van der Waals surface area contributed by atoms with Crippen molar-refractivity contribution in [1.82, 2.24) is 5.32 Å². The number of amides is 1. The summed E-state index contributed by atoms with van der Waals surface area (Å²) in [6, 6.07) is 3.48. The average Bonchev–Trinajstić information content (AvgIpc) is 2.41. The van der Waals surface area contributed by atoms with Crippen molar-refractivity contribution < 1.29 is 13.2 Å². The lowest BCUT2D eigenvalue weighted by Crippen LogP contribution is -2.49. The molecule has 2 unspecified atom stereocenters. The molecule has 0 aromatic heterocycles. The van der Waals surface area contributed by atoms with E-state index in [1.54, 1.807) is 6.07 Å². The second-order valence-corrected chi connectivity index (χ2v) is 7.85. The molecule has 22 heavy (non-hydrogen) atoms. The van der Waals surface area contributed by atoms with Crippen LogP contribution in [0.25, 0.3) is 0 Å². The number of sulfonamides is 1. The summed E-state index contributed by atoms with van der Waals surface area (Å²) in [6.45, 7) is 5.29. The number of anilines is 1. The van der Waals surface area contributed by atoms with E-state index >= 15 is 0 Å². The smallest absolute Gasteiger partial charge is 0.243 e. The number of hydrogen-bond acceptors (Lipinski definition) is 3. The third-order valence-corrected chi connectivity index (χ3v) is 5.02. The van der Waals surface area contributed by atoms with Crippen molar-refractivity contribution in [2.24, 2.45) is 0 Å². The number of halogens is 2. The van der Waals surface area contributed by atoms with Crippen LogP contribution in [-0.2, 0) is 14.8 Å². The Balaban J connectivity index is 3.25. The molecule has 1 aromatic carbocycles. The first-order valence-electron chi connectivity index (χ1n) is 6.82.